The minimum atomic E-state index is -0.285. The van der Waals surface area contributed by atoms with E-state index in [1.54, 1.807) is 13.2 Å². The molecule has 0 fully saturated rings. The van der Waals surface area contributed by atoms with E-state index in [9.17, 15) is 4.79 Å². The Bertz CT molecular complexity index is 555. The van der Waals surface area contributed by atoms with Crippen molar-refractivity contribution in [2.75, 3.05) is 12.4 Å². The Kier molecular flexibility index (Phi) is 3.52. The monoisotopic (exact) mass is 243 g/mol. The first-order valence-electron chi connectivity index (χ1n) is 5.42. The highest BCUT2D eigenvalue weighted by molar-refractivity contribution is 6.02. The molecule has 1 aromatic heterocycles. The molecule has 0 atom stereocenters. The number of aromatic nitrogens is 2. The van der Waals surface area contributed by atoms with Gasteiger partial charge in [0, 0.05) is 18.1 Å². The summed E-state index contributed by atoms with van der Waals surface area (Å²) in [7, 11) is 1.61. The Morgan fingerprint density at radius 2 is 2.17 bits per heavy atom. The lowest BCUT2D eigenvalue weighted by Gasteiger charge is -2.08. The molecule has 5 heteroatoms. The SMILES string of the molecule is COc1ccc(NC(=O)c2cnccn2)cc1C. The van der Waals surface area contributed by atoms with Crippen molar-refractivity contribution < 1.29 is 9.53 Å². The molecule has 0 spiro atoms. The average molecular weight is 243 g/mol. The van der Waals surface area contributed by atoms with Gasteiger partial charge in [-0.1, -0.05) is 0 Å². The van der Waals surface area contributed by atoms with Crippen LogP contribution in [0.1, 0.15) is 16.1 Å². The van der Waals surface area contributed by atoms with Gasteiger partial charge in [-0.2, -0.15) is 0 Å². The molecule has 0 aliphatic heterocycles. The van der Waals surface area contributed by atoms with Gasteiger partial charge >= 0.3 is 0 Å². The van der Waals surface area contributed by atoms with Gasteiger partial charge in [-0.15, -0.1) is 0 Å². The fourth-order valence-electron chi connectivity index (χ4n) is 1.57. The van der Waals surface area contributed by atoms with Gasteiger partial charge < -0.3 is 10.1 Å². The second kappa shape index (κ2) is 5.27. The van der Waals surface area contributed by atoms with E-state index in [-0.39, 0.29) is 11.6 Å². The van der Waals surface area contributed by atoms with E-state index in [4.69, 9.17) is 4.74 Å². The van der Waals surface area contributed by atoms with Gasteiger partial charge in [-0.05, 0) is 30.7 Å². The van der Waals surface area contributed by atoms with E-state index >= 15 is 0 Å². The molecule has 0 aliphatic rings. The lowest BCUT2D eigenvalue weighted by molar-refractivity contribution is 0.102. The second-order valence-corrected chi connectivity index (χ2v) is 3.73. The van der Waals surface area contributed by atoms with Crippen molar-refractivity contribution in [3.8, 4) is 5.75 Å². The standard InChI is InChI=1S/C13H13N3O2/c1-9-7-10(3-4-12(9)18-2)16-13(17)11-8-14-5-6-15-11/h3-8H,1-2H3,(H,16,17). The van der Waals surface area contributed by atoms with Crippen molar-refractivity contribution in [1.82, 2.24) is 9.97 Å². The van der Waals surface area contributed by atoms with Crippen molar-refractivity contribution in [3.05, 3.63) is 48.0 Å². The zero-order valence-corrected chi connectivity index (χ0v) is 10.2. The third-order valence-corrected chi connectivity index (χ3v) is 2.45. The summed E-state index contributed by atoms with van der Waals surface area (Å²) in [5.41, 5.74) is 1.93. The Morgan fingerprint density at radius 1 is 1.33 bits per heavy atom. The number of anilines is 1. The molecule has 1 aromatic carbocycles. The molecular formula is C13H13N3O2. The maximum atomic E-state index is 11.8. The minimum absolute atomic E-state index is 0.283. The summed E-state index contributed by atoms with van der Waals surface area (Å²) in [6.45, 7) is 1.91. The Labute approximate surface area is 105 Å². The molecule has 0 radical (unpaired) electrons. The maximum absolute atomic E-state index is 11.8. The van der Waals surface area contributed by atoms with E-state index in [0.717, 1.165) is 11.3 Å². The quantitative estimate of drug-likeness (QED) is 0.896. The third kappa shape index (κ3) is 2.63. The zero-order valence-electron chi connectivity index (χ0n) is 10.2. The Balaban J connectivity index is 2.15. The van der Waals surface area contributed by atoms with Crippen LogP contribution in [-0.2, 0) is 0 Å². The van der Waals surface area contributed by atoms with E-state index in [2.05, 4.69) is 15.3 Å². The van der Waals surface area contributed by atoms with Gasteiger partial charge in [0.1, 0.15) is 11.4 Å². The summed E-state index contributed by atoms with van der Waals surface area (Å²) in [6.07, 6.45) is 4.42. The molecule has 2 aromatic rings. The molecule has 18 heavy (non-hydrogen) atoms. The number of hydrogen-bond donors (Lipinski definition) is 1. The van der Waals surface area contributed by atoms with Crippen LogP contribution >= 0.6 is 0 Å². The number of nitrogens with one attached hydrogen (secondary N) is 1. The first-order valence-corrected chi connectivity index (χ1v) is 5.42. The highest BCUT2D eigenvalue weighted by Gasteiger charge is 2.08. The van der Waals surface area contributed by atoms with Crippen LogP contribution in [0.15, 0.2) is 36.8 Å². The lowest BCUT2D eigenvalue weighted by atomic mass is 10.2. The molecular weight excluding hydrogens is 230 g/mol. The number of hydrogen-bond acceptors (Lipinski definition) is 4. The largest absolute Gasteiger partial charge is 0.496 e. The highest BCUT2D eigenvalue weighted by atomic mass is 16.5. The number of carbonyl (C=O) groups excluding carboxylic acids is 1. The Morgan fingerprint density at radius 3 is 2.78 bits per heavy atom. The van der Waals surface area contributed by atoms with Gasteiger partial charge in [0.15, 0.2) is 0 Å². The van der Waals surface area contributed by atoms with Crippen LogP contribution in [0.3, 0.4) is 0 Å². The summed E-state index contributed by atoms with van der Waals surface area (Å²) in [6, 6.07) is 5.43. The summed E-state index contributed by atoms with van der Waals surface area (Å²) >= 11 is 0. The summed E-state index contributed by atoms with van der Waals surface area (Å²) in [5.74, 6) is 0.500. The molecule has 1 N–H and O–H groups in total. The van der Waals surface area contributed by atoms with Crippen LogP contribution in [0.4, 0.5) is 5.69 Å². The van der Waals surface area contributed by atoms with Crippen LogP contribution in [-0.4, -0.2) is 23.0 Å². The minimum Gasteiger partial charge on any atom is -0.496 e. The van der Waals surface area contributed by atoms with E-state index < -0.39 is 0 Å². The van der Waals surface area contributed by atoms with Gasteiger partial charge in [0.2, 0.25) is 0 Å². The average Bonchev–Trinajstić information content (AvgIpc) is 2.40. The van der Waals surface area contributed by atoms with Crippen molar-refractivity contribution in [1.29, 1.82) is 0 Å². The number of ether oxygens (including phenoxy) is 1. The fraction of sp³-hybridized carbons (Fsp3) is 0.154. The zero-order chi connectivity index (χ0) is 13.0. The fourth-order valence-corrected chi connectivity index (χ4v) is 1.57. The molecule has 0 aliphatic carbocycles. The normalized spacial score (nSPS) is 9.89. The third-order valence-electron chi connectivity index (χ3n) is 2.45. The molecule has 92 valence electrons. The van der Waals surface area contributed by atoms with Crippen LogP contribution in [0.2, 0.25) is 0 Å². The summed E-state index contributed by atoms with van der Waals surface area (Å²) < 4.78 is 5.15. The van der Waals surface area contributed by atoms with E-state index in [1.165, 1.54) is 18.6 Å². The van der Waals surface area contributed by atoms with Gasteiger partial charge in [0.25, 0.3) is 5.91 Å². The first kappa shape index (κ1) is 12.0. The lowest BCUT2D eigenvalue weighted by Crippen LogP contribution is -2.13. The number of methoxy groups -OCH3 is 1. The van der Waals surface area contributed by atoms with Crippen LogP contribution in [0.25, 0.3) is 0 Å². The van der Waals surface area contributed by atoms with Crippen molar-refractivity contribution >= 4 is 11.6 Å². The Hall–Kier alpha value is -2.43. The van der Waals surface area contributed by atoms with Crippen LogP contribution in [0, 0.1) is 6.92 Å². The van der Waals surface area contributed by atoms with Gasteiger partial charge in [-0.3, -0.25) is 9.78 Å². The predicted octanol–water partition coefficient (Wildman–Crippen LogP) is 2.05. The molecule has 0 saturated carbocycles. The highest BCUT2D eigenvalue weighted by Crippen LogP contribution is 2.21. The molecule has 5 nitrogen and oxygen atoms in total. The van der Waals surface area contributed by atoms with E-state index in [1.807, 2.05) is 19.1 Å². The topological polar surface area (TPSA) is 64.1 Å². The van der Waals surface area contributed by atoms with Crippen LogP contribution in [0.5, 0.6) is 5.75 Å². The van der Waals surface area contributed by atoms with Gasteiger partial charge in [-0.25, -0.2) is 4.98 Å². The summed E-state index contributed by atoms with van der Waals surface area (Å²) in [4.78, 5) is 19.6. The molecule has 0 saturated heterocycles. The van der Waals surface area contributed by atoms with Crippen molar-refractivity contribution in [2.24, 2.45) is 0 Å². The van der Waals surface area contributed by atoms with Crippen LogP contribution < -0.4 is 10.1 Å². The summed E-state index contributed by atoms with van der Waals surface area (Å²) in [5, 5.41) is 2.75. The number of amides is 1. The van der Waals surface area contributed by atoms with Gasteiger partial charge in [0.05, 0.1) is 13.3 Å². The van der Waals surface area contributed by atoms with Crippen molar-refractivity contribution in [3.63, 3.8) is 0 Å². The maximum Gasteiger partial charge on any atom is 0.275 e. The van der Waals surface area contributed by atoms with E-state index in [0.29, 0.717) is 5.69 Å². The smallest absolute Gasteiger partial charge is 0.275 e. The molecule has 1 amide bonds. The molecule has 0 unspecified atom stereocenters. The predicted molar refractivity (Wildman–Crippen MR) is 67.7 cm³/mol. The molecule has 2 rings (SSSR count). The molecule has 1 heterocycles. The number of aryl methyl sites for hydroxylation is 1. The number of rotatable bonds is 3. The molecule has 0 bridgehead atoms. The number of carbonyl (C=O) groups is 1. The first-order chi connectivity index (χ1) is 8.70. The number of nitrogens with zero attached hydrogens (tertiary/aromatic N) is 2. The number of benzene rings is 1. The van der Waals surface area contributed by atoms with Crippen molar-refractivity contribution in [2.45, 2.75) is 6.92 Å². The second-order valence-electron chi connectivity index (χ2n) is 3.73.